The Morgan fingerprint density at radius 2 is 1.71 bits per heavy atom. The third-order valence-electron chi connectivity index (χ3n) is 3.76. The molecule has 9 heteroatoms. The van der Waals surface area contributed by atoms with Gasteiger partial charge in [0.2, 0.25) is 11.8 Å². The predicted octanol–water partition coefficient (Wildman–Crippen LogP) is 3.40. The Balaban J connectivity index is 1.76. The van der Waals surface area contributed by atoms with Crippen LogP contribution >= 0.6 is 27.7 Å². The van der Waals surface area contributed by atoms with Gasteiger partial charge >= 0.3 is 0 Å². The van der Waals surface area contributed by atoms with E-state index in [-0.39, 0.29) is 34.3 Å². The molecule has 0 aliphatic rings. The predicted molar refractivity (Wildman–Crippen MR) is 116 cm³/mol. The lowest BCUT2D eigenvalue weighted by atomic mass is 10.1. The number of sulfone groups is 1. The Kier molecular flexibility index (Phi) is 8.09. The van der Waals surface area contributed by atoms with Crippen molar-refractivity contribution in [3.63, 3.8) is 0 Å². The Morgan fingerprint density at radius 3 is 2.32 bits per heavy atom. The van der Waals surface area contributed by atoms with E-state index in [1.165, 1.54) is 23.9 Å². The summed E-state index contributed by atoms with van der Waals surface area (Å²) in [5, 5.41) is 5.61. The van der Waals surface area contributed by atoms with Gasteiger partial charge in [-0.15, -0.1) is 11.8 Å². The summed E-state index contributed by atoms with van der Waals surface area (Å²) in [5.41, 5.74) is 1.49. The minimum Gasteiger partial charge on any atom is -0.349 e. The lowest BCUT2D eigenvalue weighted by Crippen LogP contribution is -2.28. The van der Waals surface area contributed by atoms with E-state index < -0.39 is 9.84 Å². The highest BCUT2D eigenvalue weighted by Crippen LogP contribution is 2.17. The second-order valence-electron chi connectivity index (χ2n) is 6.18. The van der Waals surface area contributed by atoms with Gasteiger partial charge in [-0.2, -0.15) is 0 Å². The van der Waals surface area contributed by atoms with Crippen molar-refractivity contribution >= 4 is 55.0 Å². The zero-order valence-corrected chi connectivity index (χ0v) is 18.7. The smallest absolute Gasteiger partial charge is 0.234 e. The maximum Gasteiger partial charge on any atom is 0.234 e. The SMILES string of the molecule is CC(NC(=O)CSCC(=O)Nc1cccc(Br)c1)c1ccc(S(C)(=O)=O)cc1. The van der Waals surface area contributed by atoms with Gasteiger partial charge in [0.15, 0.2) is 9.84 Å². The van der Waals surface area contributed by atoms with E-state index in [0.717, 1.165) is 16.3 Å². The molecule has 1 atom stereocenters. The van der Waals surface area contributed by atoms with E-state index in [0.29, 0.717) is 5.69 Å². The van der Waals surface area contributed by atoms with E-state index in [4.69, 9.17) is 0 Å². The normalized spacial score (nSPS) is 12.2. The number of hydrogen-bond donors (Lipinski definition) is 2. The number of rotatable bonds is 8. The van der Waals surface area contributed by atoms with Gasteiger partial charge < -0.3 is 10.6 Å². The van der Waals surface area contributed by atoms with Crippen molar-refractivity contribution < 1.29 is 18.0 Å². The summed E-state index contributed by atoms with van der Waals surface area (Å²) >= 11 is 4.56. The molecular weight excluding hydrogens is 464 g/mol. The topological polar surface area (TPSA) is 92.3 Å². The molecule has 0 aliphatic heterocycles. The van der Waals surface area contributed by atoms with Crippen LogP contribution in [0.25, 0.3) is 0 Å². The van der Waals surface area contributed by atoms with Crippen molar-refractivity contribution in [1.82, 2.24) is 5.32 Å². The average Bonchev–Trinajstić information content (AvgIpc) is 2.61. The van der Waals surface area contributed by atoms with Crippen molar-refractivity contribution in [3.8, 4) is 0 Å². The molecule has 0 radical (unpaired) electrons. The van der Waals surface area contributed by atoms with Crippen LogP contribution in [0.4, 0.5) is 5.69 Å². The van der Waals surface area contributed by atoms with Crippen molar-refractivity contribution in [2.45, 2.75) is 17.9 Å². The first-order chi connectivity index (χ1) is 13.1. The van der Waals surface area contributed by atoms with Crippen molar-refractivity contribution in [2.75, 3.05) is 23.1 Å². The maximum absolute atomic E-state index is 12.1. The summed E-state index contributed by atoms with van der Waals surface area (Å²) in [4.78, 5) is 24.2. The second kappa shape index (κ2) is 10.1. The van der Waals surface area contributed by atoms with Gasteiger partial charge in [0.05, 0.1) is 22.4 Å². The number of hydrogen-bond acceptors (Lipinski definition) is 5. The van der Waals surface area contributed by atoms with Crippen molar-refractivity contribution in [1.29, 1.82) is 0 Å². The fraction of sp³-hybridized carbons (Fsp3) is 0.263. The summed E-state index contributed by atoms with van der Waals surface area (Å²) in [6.07, 6.45) is 1.15. The lowest BCUT2D eigenvalue weighted by Gasteiger charge is -2.14. The van der Waals surface area contributed by atoms with Crippen LogP contribution < -0.4 is 10.6 Å². The molecule has 2 rings (SSSR count). The molecule has 0 bridgehead atoms. The first kappa shape index (κ1) is 22.4. The number of nitrogens with one attached hydrogen (secondary N) is 2. The van der Waals surface area contributed by atoms with Crippen LogP contribution in [0.2, 0.25) is 0 Å². The fourth-order valence-corrected chi connectivity index (χ4v) is 4.03. The highest BCUT2D eigenvalue weighted by molar-refractivity contribution is 9.10. The molecule has 28 heavy (non-hydrogen) atoms. The molecule has 0 aromatic heterocycles. The average molecular weight is 485 g/mol. The van der Waals surface area contributed by atoms with Gasteiger partial charge in [0, 0.05) is 16.4 Å². The standard InChI is InChI=1S/C19H21BrN2O4S2/c1-13(14-6-8-17(9-7-14)28(2,25)26)21-18(23)11-27-12-19(24)22-16-5-3-4-15(20)10-16/h3-10,13H,11-12H2,1-2H3,(H,21,23)(H,22,24). The molecule has 0 heterocycles. The van der Waals surface area contributed by atoms with Gasteiger partial charge in [-0.05, 0) is 42.8 Å². The number of carbonyl (C=O) groups excluding carboxylic acids is 2. The zero-order valence-electron chi connectivity index (χ0n) is 15.4. The largest absolute Gasteiger partial charge is 0.349 e. The Morgan fingerprint density at radius 1 is 1.07 bits per heavy atom. The summed E-state index contributed by atoms with van der Waals surface area (Å²) in [5.74, 6) is -0.0602. The van der Waals surface area contributed by atoms with E-state index in [1.807, 2.05) is 19.1 Å². The minimum atomic E-state index is -3.24. The number of amides is 2. The summed E-state index contributed by atoms with van der Waals surface area (Å²) in [7, 11) is -3.24. The zero-order chi connectivity index (χ0) is 20.7. The van der Waals surface area contributed by atoms with Gasteiger partial charge in [0.25, 0.3) is 0 Å². The molecule has 2 aromatic carbocycles. The number of thioether (sulfide) groups is 1. The molecule has 2 amide bonds. The van der Waals surface area contributed by atoms with Gasteiger partial charge in [-0.1, -0.05) is 34.1 Å². The van der Waals surface area contributed by atoms with E-state index in [2.05, 4.69) is 26.6 Å². The molecule has 0 saturated carbocycles. The molecule has 2 aromatic rings. The summed E-state index contributed by atoms with van der Waals surface area (Å²) < 4.78 is 23.9. The van der Waals surface area contributed by atoms with Crippen molar-refractivity contribution in [3.05, 3.63) is 58.6 Å². The fourth-order valence-electron chi connectivity index (χ4n) is 2.37. The second-order valence-corrected chi connectivity index (χ2v) is 10.1. The van der Waals surface area contributed by atoms with Crippen LogP contribution in [-0.4, -0.2) is 38.0 Å². The molecule has 0 spiro atoms. The molecule has 150 valence electrons. The van der Waals surface area contributed by atoms with Gasteiger partial charge in [-0.25, -0.2) is 8.42 Å². The number of carbonyl (C=O) groups is 2. The Bertz CT molecular complexity index is 947. The number of anilines is 1. The minimum absolute atomic E-state index is 0.150. The van der Waals surface area contributed by atoms with Crippen LogP contribution in [0.5, 0.6) is 0 Å². The highest BCUT2D eigenvalue weighted by atomic mass is 79.9. The molecule has 0 fully saturated rings. The highest BCUT2D eigenvalue weighted by Gasteiger charge is 2.12. The maximum atomic E-state index is 12.1. The third kappa shape index (κ3) is 7.29. The Hall–Kier alpha value is -1.84. The first-order valence-corrected chi connectivity index (χ1v) is 12.2. The van der Waals surface area contributed by atoms with Crippen LogP contribution in [0.15, 0.2) is 57.9 Å². The van der Waals surface area contributed by atoms with Crippen LogP contribution in [0.1, 0.15) is 18.5 Å². The van der Waals surface area contributed by atoms with E-state index in [9.17, 15) is 18.0 Å². The van der Waals surface area contributed by atoms with Gasteiger partial charge in [0.1, 0.15) is 0 Å². The van der Waals surface area contributed by atoms with Crippen molar-refractivity contribution in [2.24, 2.45) is 0 Å². The Labute approximate surface area is 177 Å². The lowest BCUT2D eigenvalue weighted by molar-refractivity contribution is -0.119. The molecule has 1 unspecified atom stereocenters. The van der Waals surface area contributed by atoms with Crippen LogP contribution in [0, 0.1) is 0 Å². The van der Waals surface area contributed by atoms with E-state index >= 15 is 0 Å². The summed E-state index contributed by atoms with van der Waals surface area (Å²) in [6.45, 7) is 1.82. The quantitative estimate of drug-likeness (QED) is 0.598. The molecule has 0 aliphatic carbocycles. The van der Waals surface area contributed by atoms with Crippen LogP contribution in [-0.2, 0) is 19.4 Å². The molecule has 6 nitrogen and oxygen atoms in total. The molecule has 2 N–H and O–H groups in total. The molecular formula is C19H21BrN2O4S2. The van der Waals surface area contributed by atoms with Crippen LogP contribution in [0.3, 0.4) is 0 Å². The van der Waals surface area contributed by atoms with Gasteiger partial charge in [-0.3, -0.25) is 9.59 Å². The first-order valence-electron chi connectivity index (χ1n) is 8.37. The number of benzene rings is 2. The third-order valence-corrected chi connectivity index (χ3v) is 6.31. The monoisotopic (exact) mass is 484 g/mol. The number of halogens is 1. The summed E-state index contributed by atoms with van der Waals surface area (Å²) in [6, 6.07) is 13.4. The van der Waals surface area contributed by atoms with E-state index in [1.54, 1.807) is 24.3 Å². The molecule has 0 saturated heterocycles.